The Hall–Kier alpha value is -1.06. The molecule has 1 aromatic carbocycles. The molecule has 0 radical (unpaired) electrons. The van der Waals surface area contributed by atoms with Crippen LogP contribution >= 0.6 is 0 Å². The van der Waals surface area contributed by atoms with Gasteiger partial charge in [-0.2, -0.15) is 0 Å². The maximum Gasteiger partial charge on any atom is 0.124 e. The highest BCUT2D eigenvalue weighted by Gasteiger charge is 2.18. The number of hydrogen-bond acceptors (Lipinski definition) is 3. The average Bonchev–Trinajstić information content (AvgIpc) is 2.90. The van der Waals surface area contributed by atoms with Gasteiger partial charge in [0.05, 0.1) is 13.2 Å². The minimum absolute atomic E-state index is 0.319. The largest absolute Gasteiger partial charge is 0.493 e. The smallest absolute Gasteiger partial charge is 0.124 e. The predicted octanol–water partition coefficient (Wildman–Crippen LogP) is 3.08. The Morgan fingerprint density at radius 2 is 2.32 bits per heavy atom. The first-order valence-electron chi connectivity index (χ1n) is 7.25. The Morgan fingerprint density at radius 3 is 3.00 bits per heavy atom. The molecule has 1 heterocycles. The third-order valence-corrected chi connectivity index (χ3v) is 3.64. The zero-order valence-electron chi connectivity index (χ0n) is 12.2. The van der Waals surface area contributed by atoms with Crippen molar-refractivity contribution in [3.8, 4) is 5.75 Å². The second kappa shape index (κ2) is 6.92. The number of ether oxygens (including phenoxy) is 2. The molecule has 0 aliphatic carbocycles. The Labute approximate surface area is 116 Å². The summed E-state index contributed by atoms with van der Waals surface area (Å²) in [6.45, 7) is 9.87. The van der Waals surface area contributed by atoms with E-state index in [9.17, 15) is 0 Å². The minimum Gasteiger partial charge on any atom is -0.493 e. The van der Waals surface area contributed by atoms with Crippen molar-refractivity contribution >= 4 is 0 Å². The average molecular weight is 263 g/mol. The Bertz CT molecular complexity index is 400. The van der Waals surface area contributed by atoms with Gasteiger partial charge in [0.15, 0.2) is 0 Å². The number of rotatable bonds is 6. The number of aryl methyl sites for hydroxylation is 1. The van der Waals surface area contributed by atoms with E-state index in [0.717, 1.165) is 38.5 Å². The van der Waals surface area contributed by atoms with Crippen LogP contribution in [0, 0.1) is 12.8 Å². The lowest BCUT2D eigenvalue weighted by Gasteiger charge is -2.19. The summed E-state index contributed by atoms with van der Waals surface area (Å²) in [5, 5.41) is 3.45. The quantitative estimate of drug-likeness (QED) is 0.855. The molecule has 1 N–H and O–H groups in total. The SMILES string of the molecule is CCNC(C)c1cc(C)ccc1OCC1CCOC1. The van der Waals surface area contributed by atoms with Crippen LogP contribution in [0.15, 0.2) is 18.2 Å². The fourth-order valence-electron chi connectivity index (χ4n) is 2.48. The fraction of sp³-hybridized carbons (Fsp3) is 0.625. The van der Waals surface area contributed by atoms with Crippen molar-refractivity contribution in [1.82, 2.24) is 5.32 Å². The zero-order valence-corrected chi connectivity index (χ0v) is 12.2. The van der Waals surface area contributed by atoms with Gasteiger partial charge in [-0.05, 0) is 32.9 Å². The molecule has 3 heteroatoms. The van der Waals surface area contributed by atoms with Crippen molar-refractivity contribution in [2.45, 2.75) is 33.2 Å². The van der Waals surface area contributed by atoms with E-state index in [1.807, 2.05) is 0 Å². The van der Waals surface area contributed by atoms with E-state index in [2.05, 4.69) is 44.3 Å². The van der Waals surface area contributed by atoms with Crippen molar-refractivity contribution in [3.63, 3.8) is 0 Å². The Morgan fingerprint density at radius 1 is 1.47 bits per heavy atom. The third kappa shape index (κ3) is 3.95. The molecule has 0 aromatic heterocycles. The van der Waals surface area contributed by atoms with Crippen LogP contribution in [0.3, 0.4) is 0 Å². The zero-order chi connectivity index (χ0) is 13.7. The first kappa shape index (κ1) is 14.4. The standard InChI is InChI=1S/C16H25NO2/c1-4-17-13(3)15-9-12(2)5-6-16(15)19-11-14-7-8-18-10-14/h5-6,9,13-14,17H,4,7-8,10-11H2,1-3H3. The Kier molecular flexibility index (Phi) is 5.23. The second-order valence-electron chi connectivity index (χ2n) is 5.36. The van der Waals surface area contributed by atoms with Gasteiger partial charge in [0, 0.05) is 24.1 Å². The molecule has 1 fully saturated rings. The van der Waals surface area contributed by atoms with E-state index in [1.54, 1.807) is 0 Å². The molecule has 0 saturated carbocycles. The normalized spacial score (nSPS) is 20.5. The van der Waals surface area contributed by atoms with Gasteiger partial charge in [-0.1, -0.05) is 24.6 Å². The number of hydrogen-bond donors (Lipinski definition) is 1. The van der Waals surface area contributed by atoms with E-state index in [-0.39, 0.29) is 0 Å². The lowest BCUT2D eigenvalue weighted by molar-refractivity contribution is 0.166. The van der Waals surface area contributed by atoms with Gasteiger partial charge in [-0.15, -0.1) is 0 Å². The summed E-state index contributed by atoms with van der Waals surface area (Å²) < 4.78 is 11.4. The summed E-state index contributed by atoms with van der Waals surface area (Å²) in [7, 11) is 0. The predicted molar refractivity (Wildman–Crippen MR) is 77.7 cm³/mol. The summed E-state index contributed by atoms with van der Waals surface area (Å²) in [6, 6.07) is 6.74. The van der Waals surface area contributed by atoms with Crippen LogP contribution in [-0.2, 0) is 4.74 Å². The molecule has 0 bridgehead atoms. The molecule has 1 aliphatic heterocycles. The van der Waals surface area contributed by atoms with E-state index in [0.29, 0.717) is 12.0 Å². The molecule has 2 atom stereocenters. The van der Waals surface area contributed by atoms with Crippen LogP contribution in [0.1, 0.15) is 37.4 Å². The molecule has 3 nitrogen and oxygen atoms in total. The van der Waals surface area contributed by atoms with Gasteiger partial charge >= 0.3 is 0 Å². The van der Waals surface area contributed by atoms with Gasteiger partial charge in [-0.3, -0.25) is 0 Å². The van der Waals surface area contributed by atoms with Crippen LogP contribution in [0.2, 0.25) is 0 Å². The van der Waals surface area contributed by atoms with Crippen molar-refractivity contribution in [2.75, 3.05) is 26.4 Å². The van der Waals surface area contributed by atoms with Crippen LogP contribution < -0.4 is 10.1 Å². The molecule has 2 unspecified atom stereocenters. The maximum atomic E-state index is 6.02. The van der Waals surface area contributed by atoms with Crippen LogP contribution in [0.4, 0.5) is 0 Å². The summed E-state index contributed by atoms with van der Waals surface area (Å²) in [5.74, 6) is 1.55. The van der Waals surface area contributed by atoms with E-state index < -0.39 is 0 Å². The molecular formula is C16H25NO2. The first-order chi connectivity index (χ1) is 9.20. The highest BCUT2D eigenvalue weighted by molar-refractivity contribution is 5.39. The van der Waals surface area contributed by atoms with Gasteiger partial charge in [0.25, 0.3) is 0 Å². The van der Waals surface area contributed by atoms with Gasteiger partial charge in [0.1, 0.15) is 5.75 Å². The highest BCUT2D eigenvalue weighted by Crippen LogP contribution is 2.27. The fourth-order valence-corrected chi connectivity index (χ4v) is 2.48. The Balaban J connectivity index is 2.04. The summed E-state index contributed by atoms with van der Waals surface area (Å²) in [4.78, 5) is 0. The van der Waals surface area contributed by atoms with Crippen molar-refractivity contribution in [2.24, 2.45) is 5.92 Å². The van der Waals surface area contributed by atoms with E-state index in [4.69, 9.17) is 9.47 Å². The van der Waals surface area contributed by atoms with Gasteiger partial charge in [-0.25, -0.2) is 0 Å². The first-order valence-corrected chi connectivity index (χ1v) is 7.25. The molecule has 106 valence electrons. The van der Waals surface area contributed by atoms with E-state index in [1.165, 1.54) is 11.1 Å². The lowest BCUT2D eigenvalue weighted by atomic mass is 10.0. The van der Waals surface area contributed by atoms with Crippen molar-refractivity contribution in [3.05, 3.63) is 29.3 Å². The van der Waals surface area contributed by atoms with E-state index >= 15 is 0 Å². The van der Waals surface area contributed by atoms with Crippen LogP contribution in [-0.4, -0.2) is 26.4 Å². The topological polar surface area (TPSA) is 30.5 Å². The molecule has 1 aromatic rings. The number of benzene rings is 1. The second-order valence-corrected chi connectivity index (χ2v) is 5.36. The monoisotopic (exact) mass is 263 g/mol. The highest BCUT2D eigenvalue weighted by atomic mass is 16.5. The molecule has 1 aliphatic rings. The summed E-state index contributed by atoms with van der Waals surface area (Å²) >= 11 is 0. The number of nitrogens with one attached hydrogen (secondary N) is 1. The molecule has 0 spiro atoms. The maximum absolute atomic E-state index is 6.02. The molecule has 0 amide bonds. The molecular weight excluding hydrogens is 238 g/mol. The minimum atomic E-state index is 0.319. The summed E-state index contributed by atoms with van der Waals surface area (Å²) in [6.07, 6.45) is 1.12. The molecule has 1 saturated heterocycles. The molecule has 19 heavy (non-hydrogen) atoms. The van der Waals surface area contributed by atoms with Crippen LogP contribution in [0.25, 0.3) is 0 Å². The summed E-state index contributed by atoms with van der Waals surface area (Å²) in [5.41, 5.74) is 2.53. The lowest BCUT2D eigenvalue weighted by Crippen LogP contribution is -2.19. The van der Waals surface area contributed by atoms with Crippen molar-refractivity contribution in [1.29, 1.82) is 0 Å². The third-order valence-electron chi connectivity index (χ3n) is 3.64. The van der Waals surface area contributed by atoms with Gasteiger partial charge < -0.3 is 14.8 Å². The van der Waals surface area contributed by atoms with Gasteiger partial charge in [0.2, 0.25) is 0 Å². The molecule has 2 rings (SSSR count). The van der Waals surface area contributed by atoms with Crippen molar-refractivity contribution < 1.29 is 9.47 Å². The van der Waals surface area contributed by atoms with Crippen LogP contribution in [0.5, 0.6) is 5.75 Å².